The molecule has 20 heavy (non-hydrogen) atoms. The summed E-state index contributed by atoms with van der Waals surface area (Å²) in [5, 5.41) is 0. The summed E-state index contributed by atoms with van der Waals surface area (Å²) in [5.74, 6) is 0. The number of sulfonamides is 1. The van der Waals surface area contributed by atoms with Crippen LogP contribution in [-0.2, 0) is 10.0 Å². The molecule has 0 saturated carbocycles. The van der Waals surface area contributed by atoms with Crippen molar-refractivity contribution in [3.05, 3.63) is 34.9 Å². The third-order valence-electron chi connectivity index (χ3n) is 3.36. The highest BCUT2D eigenvalue weighted by Gasteiger charge is 2.27. The number of hydrogen-bond acceptors (Lipinski definition) is 3. The first-order valence-electron chi connectivity index (χ1n) is 6.63. The summed E-state index contributed by atoms with van der Waals surface area (Å²) in [4.78, 5) is 0.323. The fourth-order valence-electron chi connectivity index (χ4n) is 2.38. The lowest BCUT2D eigenvalue weighted by atomic mass is 10.1. The molecule has 0 aromatic heterocycles. The van der Waals surface area contributed by atoms with E-state index in [0.717, 1.165) is 16.7 Å². The first kappa shape index (κ1) is 16.7. The second-order valence-electron chi connectivity index (χ2n) is 5.27. The van der Waals surface area contributed by atoms with Gasteiger partial charge in [0.2, 0.25) is 10.0 Å². The van der Waals surface area contributed by atoms with E-state index in [4.69, 9.17) is 5.73 Å². The third kappa shape index (κ3) is 3.04. The Labute approximate surface area is 122 Å². The van der Waals surface area contributed by atoms with Gasteiger partial charge in [0.05, 0.1) is 4.90 Å². The van der Waals surface area contributed by atoms with Crippen molar-refractivity contribution in [1.82, 2.24) is 4.31 Å². The van der Waals surface area contributed by atoms with Gasteiger partial charge in [0.25, 0.3) is 0 Å². The van der Waals surface area contributed by atoms with Gasteiger partial charge in [-0.05, 0) is 44.4 Å². The number of rotatable bonds is 5. The van der Waals surface area contributed by atoms with Gasteiger partial charge in [-0.1, -0.05) is 25.1 Å². The molecule has 0 unspecified atom stereocenters. The fourth-order valence-corrected chi connectivity index (χ4v) is 4.33. The van der Waals surface area contributed by atoms with E-state index in [0.29, 0.717) is 29.2 Å². The Morgan fingerprint density at radius 2 is 1.85 bits per heavy atom. The molecule has 0 amide bonds. The quantitative estimate of drug-likeness (QED) is 0.671. The summed E-state index contributed by atoms with van der Waals surface area (Å²) in [7, 11) is -3.55. The monoisotopic (exact) mass is 296 g/mol. The van der Waals surface area contributed by atoms with Crippen molar-refractivity contribution >= 4 is 15.7 Å². The largest absolute Gasteiger partial charge is 0.398 e. The number of nitrogen functional groups attached to an aromatic ring is 1. The molecule has 0 aliphatic rings. The van der Waals surface area contributed by atoms with E-state index < -0.39 is 10.0 Å². The van der Waals surface area contributed by atoms with Crippen molar-refractivity contribution in [2.75, 3.05) is 18.8 Å². The lowest BCUT2D eigenvalue weighted by Crippen LogP contribution is -2.33. The first-order chi connectivity index (χ1) is 9.12. The van der Waals surface area contributed by atoms with Gasteiger partial charge >= 0.3 is 0 Å². The number of nitrogens with two attached hydrogens (primary N) is 1. The van der Waals surface area contributed by atoms with Crippen LogP contribution in [0.15, 0.2) is 23.1 Å². The molecule has 5 heteroatoms. The van der Waals surface area contributed by atoms with Crippen LogP contribution in [0.1, 0.15) is 30.5 Å². The van der Waals surface area contributed by atoms with Crippen molar-refractivity contribution in [2.45, 2.75) is 39.5 Å². The second kappa shape index (κ2) is 5.97. The van der Waals surface area contributed by atoms with Crippen LogP contribution in [0.5, 0.6) is 0 Å². The lowest BCUT2D eigenvalue weighted by Gasteiger charge is -2.24. The predicted molar refractivity (Wildman–Crippen MR) is 84.3 cm³/mol. The van der Waals surface area contributed by atoms with Crippen LogP contribution in [0, 0.1) is 20.8 Å². The van der Waals surface area contributed by atoms with Gasteiger partial charge in [-0.2, -0.15) is 4.31 Å². The van der Waals surface area contributed by atoms with E-state index in [1.165, 1.54) is 4.31 Å². The highest BCUT2D eigenvalue weighted by atomic mass is 32.2. The predicted octanol–water partition coefficient (Wildman–Crippen LogP) is 2.78. The van der Waals surface area contributed by atoms with Crippen LogP contribution in [0.25, 0.3) is 0 Å². The minimum atomic E-state index is -3.55. The molecule has 2 N–H and O–H groups in total. The molecule has 4 nitrogen and oxygen atoms in total. The van der Waals surface area contributed by atoms with Crippen LogP contribution in [0.3, 0.4) is 0 Å². The molecule has 0 aliphatic heterocycles. The molecule has 1 rings (SSSR count). The zero-order valence-corrected chi connectivity index (χ0v) is 13.8. The van der Waals surface area contributed by atoms with E-state index >= 15 is 0 Å². The molecular weight excluding hydrogens is 272 g/mol. The summed E-state index contributed by atoms with van der Waals surface area (Å²) >= 11 is 0. The Hall–Kier alpha value is -1.33. The van der Waals surface area contributed by atoms with Gasteiger partial charge in [-0.3, -0.25) is 0 Å². The van der Waals surface area contributed by atoms with E-state index in [9.17, 15) is 8.42 Å². The summed E-state index contributed by atoms with van der Waals surface area (Å²) in [6, 6.07) is 1.82. The van der Waals surface area contributed by atoms with Gasteiger partial charge < -0.3 is 5.73 Å². The van der Waals surface area contributed by atoms with Crippen molar-refractivity contribution in [3.8, 4) is 0 Å². The number of benzene rings is 1. The SMILES string of the molecule is C=C(C)CN(CC)S(=O)(=O)c1c(C)cc(C)c(N)c1C. The van der Waals surface area contributed by atoms with Crippen molar-refractivity contribution in [3.63, 3.8) is 0 Å². The standard InChI is InChI=1S/C15H24N2O2S/c1-7-17(9-10(2)3)20(18,19)15-12(5)8-11(4)14(16)13(15)6/h8H,2,7,9,16H2,1,3-6H3. The first-order valence-corrected chi connectivity index (χ1v) is 8.07. The minimum absolute atomic E-state index is 0.323. The van der Waals surface area contributed by atoms with Gasteiger partial charge in [0.15, 0.2) is 0 Å². The molecule has 1 aromatic rings. The van der Waals surface area contributed by atoms with Crippen LogP contribution < -0.4 is 5.73 Å². The summed E-state index contributed by atoms with van der Waals surface area (Å²) in [6.45, 7) is 13.6. The highest BCUT2D eigenvalue weighted by Crippen LogP contribution is 2.30. The molecule has 0 aliphatic carbocycles. The number of nitrogens with zero attached hydrogens (tertiary/aromatic N) is 1. The summed E-state index contributed by atoms with van der Waals surface area (Å²) in [5.41, 5.74) is 9.61. The Kier molecular flexibility index (Phi) is 5.00. The highest BCUT2D eigenvalue weighted by molar-refractivity contribution is 7.89. The summed E-state index contributed by atoms with van der Waals surface area (Å²) < 4.78 is 27.1. The Balaban J connectivity index is 3.50. The zero-order chi connectivity index (χ0) is 15.7. The number of likely N-dealkylation sites (N-methyl/N-ethyl adjacent to an activating group) is 1. The Morgan fingerprint density at radius 3 is 2.30 bits per heavy atom. The van der Waals surface area contributed by atoms with E-state index in [-0.39, 0.29) is 0 Å². The zero-order valence-electron chi connectivity index (χ0n) is 12.9. The molecule has 112 valence electrons. The van der Waals surface area contributed by atoms with Crippen molar-refractivity contribution in [2.24, 2.45) is 0 Å². The smallest absolute Gasteiger partial charge is 0.243 e. The number of aryl methyl sites for hydroxylation is 2. The molecular formula is C15H24N2O2S. The van der Waals surface area contributed by atoms with Crippen molar-refractivity contribution in [1.29, 1.82) is 0 Å². The number of anilines is 1. The molecule has 0 spiro atoms. The molecule has 0 heterocycles. The second-order valence-corrected chi connectivity index (χ2v) is 7.14. The molecule has 0 radical (unpaired) electrons. The van der Waals surface area contributed by atoms with Crippen LogP contribution in [0.4, 0.5) is 5.69 Å². The fraction of sp³-hybridized carbons (Fsp3) is 0.467. The molecule has 0 fully saturated rings. The van der Waals surface area contributed by atoms with Gasteiger partial charge in [0, 0.05) is 18.8 Å². The minimum Gasteiger partial charge on any atom is -0.398 e. The number of hydrogen-bond donors (Lipinski definition) is 1. The molecule has 0 atom stereocenters. The van der Waals surface area contributed by atoms with Crippen LogP contribution in [-0.4, -0.2) is 25.8 Å². The Bertz CT molecular complexity index is 634. The average molecular weight is 296 g/mol. The molecule has 0 saturated heterocycles. The maximum Gasteiger partial charge on any atom is 0.243 e. The van der Waals surface area contributed by atoms with E-state index in [2.05, 4.69) is 6.58 Å². The van der Waals surface area contributed by atoms with Crippen molar-refractivity contribution < 1.29 is 8.42 Å². The van der Waals surface area contributed by atoms with E-state index in [1.54, 1.807) is 13.8 Å². The lowest BCUT2D eigenvalue weighted by molar-refractivity contribution is 0.452. The van der Waals surface area contributed by atoms with E-state index in [1.807, 2.05) is 26.8 Å². The summed E-state index contributed by atoms with van der Waals surface area (Å²) in [6.07, 6.45) is 0. The maximum absolute atomic E-state index is 12.8. The Morgan fingerprint density at radius 1 is 1.30 bits per heavy atom. The third-order valence-corrected chi connectivity index (χ3v) is 5.57. The van der Waals surface area contributed by atoms with Gasteiger partial charge in [-0.15, -0.1) is 0 Å². The molecule has 1 aromatic carbocycles. The van der Waals surface area contributed by atoms with Gasteiger partial charge in [0.1, 0.15) is 0 Å². The topological polar surface area (TPSA) is 63.4 Å². The van der Waals surface area contributed by atoms with Crippen LogP contribution >= 0.6 is 0 Å². The molecule has 0 bridgehead atoms. The maximum atomic E-state index is 12.8. The normalized spacial score (nSPS) is 11.9. The van der Waals surface area contributed by atoms with Gasteiger partial charge in [-0.25, -0.2) is 8.42 Å². The average Bonchev–Trinajstić information content (AvgIpc) is 2.32. The van der Waals surface area contributed by atoms with Crippen LogP contribution in [0.2, 0.25) is 0 Å².